The zero-order valence-corrected chi connectivity index (χ0v) is 13.3. The molecule has 108 valence electrons. The predicted octanol–water partition coefficient (Wildman–Crippen LogP) is 3.36. The van der Waals surface area contributed by atoms with E-state index in [2.05, 4.69) is 19.6 Å². The van der Waals surface area contributed by atoms with Gasteiger partial charge >= 0.3 is 0 Å². The van der Waals surface area contributed by atoms with Gasteiger partial charge in [0.1, 0.15) is 11.5 Å². The molecule has 0 spiro atoms. The number of hydrogen-bond donors (Lipinski definition) is 0. The smallest absolute Gasteiger partial charge is 0.191 e. The molecule has 4 nitrogen and oxygen atoms in total. The molecule has 0 saturated heterocycles. The van der Waals surface area contributed by atoms with Crippen LogP contribution >= 0.6 is 0 Å². The van der Waals surface area contributed by atoms with Crippen LogP contribution in [0.1, 0.15) is 0 Å². The maximum Gasteiger partial charge on any atom is 0.191 e. The molecule has 0 aliphatic rings. The maximum absolute atomic E-state index is 5.40. The van der Waals surface area contributed by atoms with Gasteiger partial charge in [0.25, 0.3) is 0 Å². The highest BCUT2D eigenvalue weighted by molar-refractivity contribution is 6.76. The van der Waals surface area contributed by atoms with Crippen LogP contribution in [0.3, 0.4) is 0 Å². The monoisotopic (exact) mass is 284 g/mol. The molecule has 0 bridgehead atoms. The van der Waals surface area contributed by atoms with E-state index in [1.165, 1.54) is 0 Å². The van der Waals surface area contributed by atoms with Crippen LogP contribution in [-0.4, -0.2) is 35.4 Å². The normalized spacial score (nSPS) is 11.4. The lowest BCUT2D eigenvalue weighted by Crippen LogP contribution is -2.22. The van der Waals surface area contributed by atoms with Gasteiger partial charge in [-0.3, -0.25) is 0 Å². The molecule has 0 N–H and O–H groups in total. The van der Waals surface area contributed by atoms with Crippen LogP contribution in [0.25, 0.3) is 0 Å². The van der Waals surface area contributed by atoms with E-state index in [4.69, 9.17) is 18.9 Å². The first-order chi connectivity index (χ1) is 9.01. The van der Waals surface area contributed by atoms with Crippen molar-refractivity contribution in [1.82, 2.24) is 0 Å². The number of hydrogen-bond acceptors (Lipinski definition) is 4. The molecule has 0 unspecified atom stereocenters. The highest BCUT2D eigenvalue weighted by atomic mass is 28.3. The fourth-order valence-electron chi connectivity index (χ4n) is 1.31. The molecule has 0 fully saturated rings. The summed E-state index contributed by atoms with van der Waals surface area (Å²) in [5.41, 5.74) is 0. The first-order valence-corrected chi connectivity index (χ1v) is 10.1. The molecule has 0 amide bonds. The molecule has 0 aliphatic heterocycles. The summed E-state index contributed by atoms with van der Waals surface area (Å²) in [6.07, 6.45) is 0. The van der Waals surface area contributed by atoms with E-state index in [1.807, 2.05) is 24.3 Å². The Hall–Kier alpha value is -1.04. The van der Waals surface area contributed by atoms with Crippen molar-refractivity contribution < 1.29 is 18.9 Å². The van der Waals surface area contributed by atoms with Gasteiger partial charge in [-0.1, -0.05) is 19.6 Å². The molecule has 5 heteroatoms. The Morgan fingerprint density at radius 1 is 0.895 bits per heavy atom. The van der Waals surface area contributed by atoms with Crippen molar-refractivity contribution >= 4 is 8.07 Å². The lowest BCUT2D eigenvalue weighted by molar-refractivity contribution is -0.0961. The van der Waals surface area contributed by atoms with Gasteiger partial charge < -0.3 is 18.9 Å². The zero-order chi connectivity index (χ0) is 14.1. The van der Waals surface area contributed by atoms with Crippen molar-refractivity contribution in [3.63, 3.8) is 0 Å². The Kier molecular flexibility index (Phi) is 6.90. The molecule has 0 saturated carbocycles. The van der Waals surface area contributed by atoms with E-state index in [-0.39, 0.29) is 13.6 Å². The zero-order valence-electron chi connectivity index (χ0n) is 12.3. The second-order valence-corrected chi connectivity index (χ2v) is 11.1. The summed E-state index contributed by atoms with van der Waals surface area (Å²) in [7, 11) is 0.625. The molecular formula is C14H24O4Si. The summed E-state index contributed by atoms with van der Waals surface area (Å²) in [6.45, 7) is 8.20. The standard InChI is InChI=1S/C14H24O4Si/c1-15-13-5-7-14(8-6-13)18-12-17-11-16-9-10-19(2,3)4/h5-8H,9-12H2,1-4H3. The Morgan fingerprint density at radius 2 is 1.53 bits per heavy atom. The van der Waals surface area contributed by atoms with E-state index in [0.29, 0.717) is 0 Å². The quantitative estimate of drug-likeness (QED) is 0.396. The second kappa shape index (κ2) is 8.19. The number of ether oxygens (including phenoxy) is 4. The molecule has 0 radical (unpaired) electrons. The average Bonchev–Trinajstić information content (AvgIpc) is 2.37. The van der Waals surface area contributed by atoms with Gasteiger partial charge in [-0.2, -0.15) is 0 Å². The molecule has 0 heterocycles. The largest absolute Gasteiger partial charge is 0.497 e. The molecule has 1 rings (SSSR count). The number of methoxy groups -OCH3 is 1. The fraction of sp³-hybridized carbons (Fsp3) is 0.571. The summed E-state index contributed by atoms with van der Waals surface area (Å²) in [5, 5.41) is 0. The summed E-state index contributed by atoms with van der Waals surface area (Å²) < 4.78 is 21.1. The lowest BCUT2D eigenvalue weighted by Gasteiger charge is -2.15. The van der Waals surface area contributed by atoms with Crippen LogP contribution in [0, 0.1) is 0 Å². The Labute approximate surface area is 116 Å². The third kappa shape index (κ3) is 7.87. The van der Waals surface area contributed by atoms with E-state index in [0.717, 1.165) is 24.2 Å². The molecular weight excluding hydrogens is 260 g/mol. The van der Waals surface area contributed by atoms with Crippen LogP contribution < -0.4 is 9.47 Å². The topological polar surface area (TPSA) is 36.9 Å². The Morgan fingerprint density at radius 3 is 2.11 bits per heavy atom. The predicted molar refractivity (Wildman–Crippen MR) is 78.5 cm³/mol. The highest BCUT2D eigenvalue weighted by Crippen LogP contribution is 2.16. The first-order valence-electron chi connectivity index (χ1n) is 6.43. The molecule has 0 atom stereocenters. The van der Waals surface area contributed by atoms with Crippen molar-refractivity contribution in [2.45, 2.75) is 25.7 Å². The second-order valence-electron chi connectivity index (χ2n) is 5.48. The highest BCUT2D eigenvalue weighted by Gasteiger charge is 2.11. The minimum atomic E-state index is -1.01. The van der Waals surface area contributed by atoms with E-state index in [1.54, 1.807) is 7.11 Å². The molecule has 0 aromatic heterocycles. The average molecular weight is 284 g/mol. The summed E-state index contributed by atoms with van der Waals surface area (Å²) >= 11 is 0. The number of rotatable bonds is 9. The third-order valence-corrected chi connectivity index (χ3v) is 4.24. The van der Waals surface area contributed by atoms with Crippen molar-refractivity contribution in [3.8, 4) is 11.5 Å². The Balaban J connectivity index is 2.04. The van der Waals surface area contributed by atoms with E-state index in [9.17, 15) is 0 Å². The van der Waals surface area contributed by atoms with Gasteiger partial charge in [0.15, 0.2) is 13.6 Å². The van der Waals surface area contributed by atoms with Crippen LogP contribution in [0.4, 0.5) is 0 Å². The SMILES string of the molecule is COc1ccc(OCOCOCC[Si](C)(C)C)cc1. The third-order valence-electron chi connectivity index (χ3n) is 2.53. The fourth-order valence-corrected chi connectivity index (χ4v) is 2.07. The summed E-state index contributed by atoms with van der Waals surface area (Å²) in [4.78, 5) is 0. The summed E-state index contributed by atoms with van der Waals surface area (Å²) in [5.74, 6) is 1.56. The van der Waals surface area contributed by atoms with Gasteiger partial charge in [-0.25, -0.2) is 0 Å². The summed E-state index contributed by atoms with van der Waals surface area (Å²) in [6, 6.07) is 8.53. The van der Waals surface area contributed by atoms with Gasteiger partial charge in [-0.15, -0.1) is 0 Å². The minimum Gasteiger partial charge on any atom is -0.497 e. The number of benzene rings is 1. The Bertz CT molecular complexity index is 345. The van der Waals surface area contributed by atoms with Gasteiger partial charge in [0.2, 0.25) is 0 Å². The van der Waals surface area contributed by atoms with Crippen LogP contribution in [0.5, 0.6) is 11.5 Å². The maximum atomic E-state index is 5.40. The van der Waals surface area contributed by atoms with Crippen molar-refractivity contribution in [2.75, 3.05) is 27.3 Å². The van der Waals surface area contributed by atoms with E-state index >= 15 is 0 Å². The van der Waals surface area contributed by atoms with Crippen molar-refractivity contribution in [1.29, 1.82) is 0 Å². The lowest BCUT2D eigenvalue weighted by atomic mass is 10.3. The first kappa shape index (κ1) is 16.0. The molecule has 0 aliphatic carbocycles. The van der Waals surface area contributed by atoms with E-state index < -0.39 is 8.07 Å². The van der Waals surface area contributed by atoms with Crippen molar-refractivity contribution in [2.24, 2.45) is 0 Å². The van der Waals surface area contributed by atoms with Gasteiger partial charge in [0, 0.05) is 14.7 Å². The molecule has 1 aromatic rings. The molecule has 19 heavy (non-hydrogen) atoms. The van der Waals surface area contributed by atoms with Crippen LogP contribution in [0.2, 0.25) is 25.7 Å². The van der Waals surface area contributed by atoms with Gasteiger partial charge in [0.05, 0.1) is 7.11 Å². The van der Waals surface area contributed by atoms with Crippen molar-refractivity contribution in [3.05, 3.63) is 24.3 Å². The van der Waals surface area contributed by atoms with Crippen LogP contribution in [-0.2, 0) is 9.47 Å². The molecule has 1 aromatic carbocycles. The minimum absolute atomic E-state index is 0.194. The van der Waals surface area contributed by atoms with Gasteiger partial charge in [-0.05, 0) is 30.3 Å². The van der Waals surface area contributed by atoms with Crippen LogP contribution in [0.15, 0.2) is 24.3 Å².